The van der Waals surface area contributed by atoms with Crippen molar-refractivity contribution in [1.82, 2.24) is 5.32 Å². The molecule has 11 heavy (non-hydrogen) atoms. The predicted octanol–water partition coefficient (Wildman–Crippen LogP) is 1.29. The van der Waals surface area contributed by atoms with Crippen molar-refractivity contribution in [3.8, 4) is 0 Å². The van der Waals surface area contributed by atoms with Crippen LogP contribution in [0.15, 0.2) is 0 Å². The first-order valence-electron chi connectivity index (χ1n) is 4.74. The molecule has 66 valence electrons. The fraction of sp³-hybridized carbons (Fsp3) is 1.00. The Hall–Kier alpha value is -0.0800. The highest BCUT2D eigenvalue weighted by Gasteiger charge is 2.15. The molecule has 1 rings (SSSR count). The van der Waals surface area contributed by atoms with Gasteiger partial charge in [-0.1, -0.05) is 13.3 Å². The molecule has 0 radical (unpaired) electrons. The molecule has 0 unspecified atom stereocenters. The zero-order chi connectivity index (χ0) is 8.10. The summed E-state index contributed by atoms with van der Waals surface area (Å²) in [6.07, 6.45) is 5.61. The van der Waals surface area contributed by atoms with Crippen LogP contribution >= 0.6 is 0 Å². The fourth-order valence-corrected chi connectivity index (χ4v) is 1.62. The van der Waals surface area contributed by atoms with E-state index in [2.05, 4.69) is 5.32 Å². The molecule has 1 saturated heterocycles. The molecule has 0 aromatic rings. The Morgan fingerprint density at radius 2 is 2.36 bits per heavy atom. The molecule has 0 aliphatic carbocycles. The van der Waals surface area contributed by atoms with Crippen LogP contribution in [0.25, 0.3) is 0 Å². The highest BCUT2D eigenvalue weighted by Crippen LogP contribution is 2.12. The molecular weight excluding hydrogens is 138 g/mol. The number of aliphatic hydroxyl groups is 1. The van der Waals surface area contributed by atoms with Gasteiger partial charge in [0.2, 0.25) is 0 Å². The van der Waals surface area contributed by atoms with Crippen molar-refractivity contribution in [1.29, 1.82) is 0 Å². The van der Waals surface area contributed by atoms with E-state index in [0.717, 1.165) is 19.4 Å². The zero-order valence-corrected chi connectivity index (χ0v) is 7.34. The number of hydrogen-bond acceptors (Lipinski definition) is 2. The van der Waals surface area contributed by atoms with Crippen LogP contribution in [-0.4, -0.2) is 23.8 Å². The predicted molar refractivity (Wildman–Crippen MR) is 46.6 cm³/mol. The smallest absolute Gasteiger partial charge is 0.0552 e. The first kappa shape index (κ1) is 9.01. The third kappa shape index (κ3) is 3.21. The van der Waals surface area contributed by atoms with E-state index in [-0.39, 0.29) is 6.10 Å². The third-order valence-electron chi connectivity index (χ3n) is 2.44. The van der Waals surface area contributed by atoms with Gasteiger partial charge in [0.15, 0.2) is 0 Å². The number of hydrogen-bond donors (Lipinski definition) is 2. The summed E-state index contributed by atoms with van der Waals surface area (Å²) in [5.41, 5.74) is 0. The molecule has 1 heterocycles. The van der Waals surface area contributed by atoms with Gasteiger partial charge in [0, 0.05) is 6.04 Å². The molecule has 1 fully saturated rings. The lowest BCUT2D eigenvalue weighted by atomic mass is 9.98. The summed E-state index contributed by atoms with van der Waals surface area (Å²) < 4.78 is 0. The Kier molecular flexibility index (Phi) is 3.87. The summed E-state index contributed by atoms with van der Waals surface area (Å²) >= 11 is 0. The second kappa shape index (κ2) is 4.73. The van der Waals surface area contributed by atoms with Gasteiger partial charge in [-0.25, -0.2) is 0 Å². The summed E-state index contributed by atoms with van der Waals surface area (Å²) in [5.74, 6) is 0. The lowest BCUT2D eigenvalue weighted by molar-refractivity contribution is 0.139. The number of nitrogens with one attached hydrogen (secondary N) is 1. The van der Waals surface area contributed by atoms with Crippen LogP contribution in [0.3, 0.4) is 0 Å². The molecule has 2 N–H and O–H groups in total. The van der Waals surface area contributed by atoms with Gasteiger partial charge >= 0.3 is 0 Å². The zero-order valence-electron chi connectivity index (χ0n) is 7.34. The quantitative estimate of drug-likeness (QED) is 0.647. The average molecular weight is 157 g/mol. The van der Waals surface area contributed by atoms with Crippen molar-refractivity contribution in [3.05, 3.63) is 0 Å². The lowest BCUT2D eigenvalue weighted by Gasteiger charge is -2.25. The van der Waals surface area contributed by atoms with E-state index in [9.17, 15) is 5.11 Å². The number of aliphatic hydroxyl groups excluding tert-OH is 1. The Labute approximate surface area is 69.0 Å². The maximum absolute atomic E-state index is 9.37. The maximum atomic E-state index is 9.37. The van der Waals surface area contributed by atoms with E-state index in [0.29, 0.717) is 6.04 Å². The van der Waals surface area contributed by atoms with Crippen LogP contribution in [0.5, 0.6) is 0 Å². The minimum Gasteiger partial charge on any atom is -0.393 e. The molecule has 2 nitrogen and oxygen atoms in total. The fourth-order valence-electron chi connectivity index (χ4n) is 1.62. The standard InChI is InChI=1S/C9H19NO/c1-2-9(11)7-8-5-3-4-6-10-8/h8-11H,2-7H2,1H3/t8-,9-/m0/s1. The van der Waals surface area contributed by atoms with Crippen LogP contribution in [-0.2, 0) is 0 Å². The molecule has 0 aromatic heterocycles. The molecule has 0 bridgehead atoms. The van der Waals surface area contributed by atoms with Gasteiger partial charge in [0.05, 0.1) is 6.10 Å². The molecule has 2 heteroatoms. The molecule has 0 amide bonds. The maximum Gasteiger partial charge on any atom is 0.0552 e. The van der Waals surface area contributed by atoms with Gasteiger partial charge in [-0.15, -0.1) is 0 Å². The van der Waals surface area contributed by atoms with E-state index >= 15 is 0 Å². The van der Waals surface area contributed by atoms with Crippen molar-refractivity contribution in [2.24, 2.45) is 0 Å². The van der Waals surface area contributed by atoms with Gasteiger partial charge in [0.25, 0.3) is 0 Å². The molecule has 1 aliphatic rings. The second-order valence-corrected chi connectivity index (χ2v) is 3.44. The molecule has 0 saturated carbocycles. The van der Waals surface area contributed by atoms with E-state index in [4.69, 9.17) is 0 Å². The van der Waals surface area contributed by atoms with Crippen molar-refractivity contribution < 1.29 is 5.11 Å². The van der Waals surface area contributed by atoms with Gasteiger partial charge in [-0.2, -0.15) is 0 Å². The van der Waals surface area contributed by atoms with E-state index < -0.39 is 0 Å². The van der Waals surface area contributed by atoms with Crippen LogP contribution in [0.4, 0.5) is 0 Å². The Morgan fingerprint density at radius 3 is 2.91 bits per heavy atom. The summed E-state index contributed by atoms with van der Waals surface area (Å²) in [6, 6.07) is 0.582. The summed E-state index contributed by atoms with van der Waals surface area (Å²) in [7, 11) is 0. The monoisotopic (exact) mass is 157 g/mol. The van der Waals surface area contributed by atoms with Gasteiger partial charge < -0.3 is 10.4 Å². The first-order chi connectivity index (χ1) is 5.33. The third-order valence-corrected chi connectivity index (χ3v) is 2.44. The van der Waals surface area contributed by atoms with Crippen LogP contribution in [0.2, 0.25) is 0 Å². The summed E-state index contributed by atoms with van der Waals surface area (Å²) in [4.78, 5) is 0. The Bertz CT molecular complexity index is 99.7. The highest BCUT2D eigenvalue weighted by molar-refractivity contribution is 4.74. The van der Waals surface area contributed by atoms with Gasteiger partial charge in [0.1, 0.15) is 0 Å². The minimum atomic E-state index is -0.0920. The van der Waals surface area contributed by atoms with Crippen molar-refractivity contribution in [3.63, 3.8) is 0 Å². The van der Waals surface area contributed by atoms with E-state index in [1.165, 1.54) is 19.3 Å². The first-order valence-corrected chi connectivity index (χ1v) is 4.74. The van der Waals surface area contributed by atoms with Crippen LogP contribution < -0.4 is 5.32 Å². The highest BCUT2D eigenvalue weighted by atomic mass is 16.3. The normalized spacial score (nSPS) is 28.4. The molecule has 0 aromatic carbocycles. The minimum absolute atomic E-state index is 0.0920. The average Bonchev–Trinajstić information content (AvgIpc) is 2.06. The summed E-state index contributed by atoms with van der Waals surface area (Å²) in [5, 5.41) is 12.8. The topological polar surface area (TPSA) is 32.3 Å². The van der Waals surface area contributed by atoms with Gasteiger partial charge in [-0.05, 0) is 32.2 Å². The van der Waals surface area contributed by atoms with Crippen molar-refractivity contribution >= 4 is 0 Å². The van der Waals surface area contributed by atoms with E-state index in [1.54, 1.807) is 0 Å². The van der Waals surface area contributed by atoms with Crippen LogP contribution in [0.1, 0.15) is 39.0 Å². The number of rotatable bonds is 3. The number of piperidine rings is 1. The largest absolute Gasteiger partial charge is 0.393 e. The van der Waals surface area contributed by atoms with E-state index in [1.807, 2.05) is 6.92 Å². The molecule has 1 aliphatic heterocycles. The summed E-state index contributed by atoms with van der Waals surface area (Å²) in [6.45, 7) is 3.18. The second-order valence-electron chi connectivity index (χ2n) is 3.44. The van der Waals surface area contributed by atoms with Crippen molar-refractivity contribution in [2.75, 3.05) is 6.54 Å². The molecular formula is C9H19NO. The molecule has 0 spiro atoms. The SMILES string of the molecule is CC[C@H](O)C[C@@H]1CCCCN1. The lowest BCUT2D eigenvalue weighted by Crippen LogP contribution is -2.36. The Balaban J connectivity index is 2.13. The Morgan fingerprint density at radius 1 is 1.55 bits per heavy atom. The van der Waals surface area contributed by atoms with Crippen molar-refractivity contribution in [2.45, 2.75) is 51.2 Å². The molecule has 2 atom stereocenters. The van der Waals surface area contributed by atoms with Crippen LogP contribution in [0, 0.1) is 0 Å². The van der Waals surface area contributed by atoms with Gasteiger partial charge in [-0.3, -0.25) is 0 Å².